The third-order valence-corrected chi connectivity index (χ3v) is 8.03. The SMILES string of the molecule is CCCNC(=O)[C@H]1[C@@H]2OC3(CC2Br)C(C(=O)NC2CCCCC2)N(CCO)C(=O)[C@H]13. The predicted octanol–water partition coefficient (Wildman–Crippen LogP) is 0.702. The van der Waals surface area contributed by atoms with E-state index in [1.54, 1.807) is 0 Å². The molecule has 30 heavy (non-hydrogen) atoms. The number of carbonyl (C=O) groups is 3. The third kappa shape index (κ3) is 3.46. The molecule has 0 aromatic carbocycles. The lowest BCUT2D eigenvalue weighted by atomic mass is 9.70. The maximum absolute atomic E-state index is 13.4. The quantitative estimate of drug-likeness (QED) is 0.460. The number of carbonyl (C=O) groups excluding carboxylic acids is 3. The van der Waals surface area contributed by atoms with Gasteiger partial charge in [-0.3, -0.25) is 14.4 Å². The van der Waals surface area contributed by atoms with Gasteiger partial charge in [-0.1, -0.05) is 42.1 Å². The van der Waals surface area contributed by atoms with Crippen LogP contribution < -0.4 is 10.6 Å². The van der Waals surface area contributed by atoms with Crippen LogP contribution in [0.1, 0.15) is 51.9 Å². The van der Waals surface area contributed by atoms with Crippen LogP contribution in [0.5, 0.6) is 0 Å². The topological polar surface area (TPSA) is 108 Å². The standard InChI is InChI=1S/C21H32BrN3O5/c1-2-8-23-18(27)14-15-20(29)25(9-10-26)17(21(15)11-13(22)16(14)30-21)19(28)24-12-6-4-3-5-7-12/h12-17,26H,2-11H2,1H3,(H,23,27)(H,24,28)/t13?,14-,15+,16-,17?,21?/m1/s1. The molecule has 3 amide bonds. The first-order chi connectivity index (χ1) is 14.4. The van der Waals surface area contributed by atoms with Gasteiger partial charge in [-0.2, -0.15) is 0 Å². The highest BCUT2D eigenvalue weighted by Crippen LogP contribution is 2.59. The number of likely N-dealkylation sites (tertiary alicyclic amines) is 1. The average Bonchev–Trinajstić information content (AvgIpc) is 3.31. The van der Waals surface area contributed by atoms with E-state index in [2.05, 4.69) is 26.6 Å². The molecule has 4 rings (SSSR count). The van der Waals surface area contributed by atoms with Crippen molar-refractivity contribution in [2.45, 2.75) is 80.5 Å². The number of rotatable bonds is 7. The van der Waals surface area contributed by atoms with Gasteiger partial charge in [0.25, 0.3) is 0 Å². The van der Waals surface area contributed by atoms with Gasteiger partial charge < -0.3 is 25.4 Å². The summed E-state index contributed by atoms with van der Waals surface area (Å²) in [6, 6.07) is -0.715. The van der Waals surface area contributed by atoms with Crippen LogP contribution in [0.3, 0.4) is 0 Å². The van der Waals surface area contributed by atoms with Crippen molar-refractivity contribution in [2.75, 3.05) is 19.7 Å². The van der Waals surface area contributed by atoms with Crippen LogP contribution in [0.4, 0.5) is 0 Å². The monoisotopic (exact) mass is 485 g/mol. The van der Waals surface area contributed by atoms with Gasteiger partial charge >= 0.3 is 0 Å². The summed E-state index contributed by atoms with van der Waals surface area (Å²) in [5, 5.41) is 15.6. The Balaban J connectivity index is 1.63. The van der Waals surface area contributed by atoms with Crippen molar-refractivity contribution < 1.29 is 24.2 Å². The second kappa shape index (κ2) is 8.74. The first-order valence-corrected chi connectivity index (χ1v) is 12.2. The zero-order valence-electron chi connectivity index (χ0n) is 17.4. The molecule has 3 heterocycles. The summed E-state index contributed by atoms with van der Waals surface area (Å²) >= 11 is 3.64. The Morgan fingerprint density at radius 3 is 2.67 bits per heavy atom. The van der Waals surface area contributed by atoms with Crippen LogP contribution in [-0.4, -0.2) is 76.0 Å². The van der Waals surface area contributed by atoms with E-state index in [0.717, 1.165) is 32.1 Å². The summed E-state index contributed by atoms with van der Waals surface area (Å²) < 4.78 is 6.37. The first kappa shape index (κ1) is 22.0. The maximum atomic E-state index is 13.4. The van der Waals surface area contributed by atoms with Crippen LogP contribution in [-0.2, 0) is 19.1 Å². The smallest absolute Gasteiger partial charge is 0.246 e. The number of hydrogen-bond donors (Lipinski definition) is 3. The molecular weight excluding hydrogens is 454 g/mol. The van der Waals surface area contributed by atoms with Gasteiger partial charge in [0.2, 0.25) is 17.7 Å². The van der Waals surface area contributed by atoms with Gasteiger partial charge in [0, 0.05) is 24.0 Å². The summed E-state index contributed by atoms with van der Waals surface area (Å²) in [5.41, 5.74) is -1.03. The summed E-state index contributed by atoms with van der Waals surface area (Å²) in [7, 11) is 0. The lowest BCUT2D eigenvalue weighted by molar-refractivity contribution is -0.142. The van der Waals surface area contributed by atoms with Gasteiger partial charge in [0.1, 0.15) is 11.6 Å². The molecule has 1 aliphatic carbocycles. The Bertz CT molecular complexity index is 700. The number of nitrogens with one attached hydrogen (secondary N) is 2. The molecule has 3 unspecified atom stereocenters. The van der Waals surface area contributed by atoms with Crippen molar-refractivity contribution in [3.8, 4) is 0 Å². The molecule has 1 saturated carbocycles. The van der Waals surface area contributed by atoms with Gasteiger partial charge in [-0.15, -0.1) is 0 Å². The molecule has 168 valence electrons. The summed E-state index contributed by atoms with van der Waals surface area (Å²) in [6.07, 6.45) is 6.10. The van der Waals surface area contributed by atoms with Gasteiger partial charge in [-0.25, -0.2) is 0 Å². The number of amides is 3. The normalized spacial score (nSPS) is 38.0. The minimum atomic E-state index is -1.03. The molecule has 2 bridgehead atoms. The van der Waals surface area contributed by atoms with Crippen molar-refractivity contribution in [3.63, 3.8) is 0 Å². The summed E-state index contributed by atoms with van der Waals surface area (Å²) in [4.78, 5) is 41.2. The summed E-state index contributed by atoms with van der Waals surface area (Å²) in [6.45, 7) is 2.33. The van der Waals surface area contributed by atoms with E-state index in [-0.39, 0.29) is 41.7 Å². The number of hydrogen-bond acceptors (Lipinski definition) is 5. The van der Waals surface area contributed by atoms with Gasteiger partial charge in [0.15, 0.2) is 0 Å². The molecule has 1 spiro atoms. The molecule has 6 atom stereocenters. The molecule has 3 N–H and O–H groups in total. The molecule has 3 aliphatic heterocycles. The Labute approximate surface area is 185 Å². The Hall–Kier alpha value is -1.19. The zero-order valence-corrected chi connectivity index (χ0v) is 19.0. The van der Waals surface area contributed by atoms with E-state index in [0.29, 0.717) is 13.0 Å². The van der Waals surface area contributed by atoms with Crippen LogP contribution in [0, 0.1) is 11.8 Å². The van der Waals surface area contributed by atoms with E-state index in [9.17, 15) is 19.5 Å². The van der Waals surface area contributed by atoms with Gasteiger partial charge in [0.05, 0.1) is 24.5 Å². The number of ether oxygens (including phenoxy) is 1. The van der Waals surface area contributed by atoms with E-state index in [4.69, 9.17) is 4.74 Å². The largest absolute Gasteiger partial charge is 0.395 e. The van der Waals surface area contributed by atoms with E-state index >= 15 is 0 Å². The Kier molecular flexibility index (Phi) is 6.42. The number of aliphatic hydroxyl groups excluding tert-OH is 1. The highest BCUT2D eigenvalue weighted by molar-refractivity contribution is 9.09. The minimum Gasteiger partial charge on any atom is -0.395 e. The third-order valence-electron chi connectivity index (χ3n) is 7.18. The fourth-order valence-corrected chi connectivity index (χ4v) is 6.91. The molecule has 0 radical (unpaired) electrons. The number of halogens is 1. The Morgan fingerprint density at radius 2 is 2.00 bits per heavy atom. The molecule has 9 heteroatoms. The predicted molar refractivity (Wildman–Crippen MR) is 113 cm³/mol. The minimum absolute atomic E-state index is 0.0596. The second-order valence-corrected chi connectivity index (χ2v) is 10.2. The van der Waals surface area contributed by atoms with Crippen LogP contribution in [0.2, 0.25) is 0 Å². The zero-order chi connectivity index (χ0) is 21.5. The van der Waals surface area contributed by atoms with Crippen LogP contribution in [0.15, 0.2) is 0 Å². The van der Waals surface area contributed by atoms with Gasteiger partial charge in [-0.05, 0) is 25.7 Å². The molecule has 0 aromatic rings. The number of nitrogens with zero attached hydrogens (tertiary/aromatic N) is 1. The molecule has 8 nitrogen and oxygen atoms in total. The lowest BCUT2D eigenvalue weighted by Gasteiger charge is -2.35. The highest BCUT2D eigenvalue weighted by atomic mass is 79.9. The fraction of sp³-hybridized carbons (Fsp3) is 0.857. The van der Waals surface area contributed by atoms with Crippen molar-refractivity contribution in [3.05, 3.63) is 0 Å². The Morgan fingerprint density at radius 1 is 1.27 bits per heavy atom. The number of β-amino-alcohol motifs (C(OH)–C–C–N with tert-alkyl or cyclic N) is 1. The van der Waals surface area contributed by atoms with Crippen molar-refractivity contribution in [1.29, 1.82) is 0 Å². The van der Waals surface area contributed by atoms with Crippen LogP contribution >= 0.6 is 15.9 Å². The number of aliphatic hydroxyl groups is 1. The van der Waals surface area contributed by atoms with Crippen molar-refractivity contribution in [2.24, 2.45) is 11.8 Å². The van der Waals surface area contributed by atoms with Crippen molar-refractivity contribution >= 4 is 33.7 Å². The van der Waals surface area contributed by atoms with E-state index in [1.807, 2.05) is 6.92 Å². The second-order valence-electron chi connectivity index (χ2n) is 9.05. The average molecular weight is 486 g/mol. The van der Waals surface area contributed by atoms with E-state index < -0.39 is 29.6 Å². The maximum Gasteiger partial charge on any atom is 0.246 e. The molecule has 4 aliphatic rings. The fourth-order valence-electron chi connectivity index (χ4n) is 5.97. The molecule has 4 fully saturated rings. The molecular formula is C21H32BrN3O5. The first-order valence-electron chi connectivity index (χ1n) is 11.3. The highest BCUT2D eigenvalue weighted by Gasteiger charge is 2.76. The molecule has 0 aromatic heterocycles. The molecule has 3 saturated heterocycles. The van der Waals surface area contributed by atoms with Crippen molar-refractivity contribution in [1.82, 2.24) is 15.5 Å². The number of alkyl halides is 1. The van der Waals surface area contributed by atoms with Crippen LogP contribution in [0.25, 0.3) is 0 Å². The lowest BCUT2D eigenvalue weighted by Crippen LogP contribution is -2.57. The van der Waals surface area contributed by atoms with E-state index in [1.165, 1.54) is 11.3 Å². The number of fused-ring (bicyclic) bond motifs is 1. The summed E-state index contributed by atoms with van der Waals surface area (Å²) in [5.74, 6) is -1.99.